The molecule has 11 heteroatoms. The summed E-state index contributed by atoms with van der Waals surface area (Å²) in [4.78, 5) is 35.0. The third-order valence-electron chi connectivity index (χ3n) is 10.7. The average molecular weight is 724 g/mol. The molecule has 0 spiro atoms. The second-order valence-corrected chi connectivity index (χ2v) is 15.7. The van der Waals surface area contributed by atoms with Gasteiger partial charge in [-0.15, -0.1) is 6.58 Å². The zero-order valence-corrected chi connectivity index (χ0v) is 31.9. The number of oxime groups is 1. The number of aliphatic hydroxyl groups excluding tert-OH is 2. The molecule has 2 amide bonds. The lowest BCUT2D eigenvalue weighted by Gasteiger charge is -2.60. The monoisotopic (exact) mass is 723 g/mol. The molecular formula is C41H61N3O8. The van der Waals surface area contributed by atoms with Crippen molar-refractivity contribution in [1.29, 1.82) is 0 Å². The van der Waals surface area contributed by atoms with Crippen LogP contribution in [-0.2, 0) is 14.4 Å². The number of ether oxygens (including phenoxy) is 3. The minimum Gasteiger partial charge on any atom is -0.459 e. The van der Waals surface area contributed by atoms with Crippen molar-refractivity contribution < 1.29 is 38.9 Å². The number of hydrogen-bond acceptors (Lipinski definition) is 9. The van der Waals surface area contributed by atoms with Crippen LogP contribution in [0.4, 0.5) is 4.79 Å². The first-order chi connectivity index (χ1) is 25.0. The summed E-state index contributed by atoms with van der Waals surface area (Å²) < 4.78 is 20.0. The van der Waals surface area contributed by atoms with Gasteiger partial charge in [-0.25, -0.2) is 4.79 Å². The largest absolute Gasteiger partial charge is 0.459 e. The summed E-state index contributed by atoms with van der Waals surface area (Å²) in [7, 11) is 0. The van der Waals surface area contributed by atoms with E-state index in [1.54, 1.807) is 12.1 Å². The highest BCUT2D eigenvalue weighted by molar-refractivity contribution is 6.03. The van der Waals surface area contributed by atoms with Crippen LogP contribution in [-0.4, -0.2) is 83.2 Å². The van der Waals surface area contributed by atoms with Crippen molar-refractivity contribution in [2.45, 2.75) is 122 Å². The van der Waals surface area contributed by atoms with Crippen LogP contribution in [0.3, 0.4) is 0 Å². The molecule has 3 aliphatic carbocycles. The molecule has 2 fully saturated rings. The van der Waals surface area contributed by atoms with Crippen molar-refractivity contribution in [1.82, 2.24) is 10.2 Å². The minimum absolute atomic E-state index is 0.0136. The zero-order valence-electron chi connectivity index (χ0n) is 31.9. The SMILES string of the molecule is C=CCO[C@@]12Oc3ccc(OC(=O)NCC)cc3[C@H]3[C@H](CCCCO)[C@@H](CCCCO)C=C(C(=NOC(C)(C)C)C[C@@H]1N(CCC)C(=O)C1CC1)[C@H]32. The van der Waals surface area contributed by atoms with E-state index in [2.05, 4.69) is 24.9 Å². The van der Waals surface area contributed by atoms with Crippen LogP contribution < -0.4 is 14.8 Å². The average Bonchev–Trinajstić information content (AvgIpc) is 3.96. The Morgan fingerprint density at radius 3 is 2.48 bits per heavy atom. The van der Waals surface area contributed by atoms with Gasteiger partial charge < -0.3 is 39.5 Å². The van der Waals surface area contributed by atoms with Gasteiger partial charge in [-0.05, 0) is 108 Å². The number of carbonyl (C=O) groups excluding carboxylic acids is 2. The minimum atomic E-state index is -1.29. The Labute approximate surface area is 309 Å². The van der Waals surface area contributed by atoms with Gasteiger partial charge in [-0.3, -0.25) is 4.79 Å². The van der Waals surface area contributed by atoms with Crippen LogP contribution in [0.5, 0.6) is 11.5 Å². The van der Waals surface area contributed by atoms with E-state index in [4.69, 9.17) is 24.2 Å². The van der Waals surface area contributed by atoms with E-state index in [0.717, 1.165) is 61.8 Å². The summed E-state index contributed by atoms with van der Waals surface area (Å²) in [5.74, 6) is -0.556. The summed E-state index contributed by atoms with van der Waals surface area (Å²) >= 11 is 0. The fraction of sp³-hybridized carbons (Fsp3) is 0.683. The van der Waals surface area contributed by atoms with Crippen LogP contribution in [0.15, 0.2) is 47.7 Å². The first kappa shape index (κ1) is 39.8. The van der Waals surface area contributed by atoms with Gasteiger partial charge in [0.15, 0.2) is 0 Å². The Kier molecular flexibility index (Phi) is 13.5. The molecule has 0 bridgehead atoms. The van der Waals surface area contributed by atoms with E-state index in [1.807, 2.05) is 44.7 Å². The number of aliphatic hydroxyl groups is 2. The molecule has 6 atom stereocenters. The third kappa shape index (κ3) is 8.85. The van der Waals surface area contributed by atoms with Crippen molar-refractivity contribution in [2.24, 2.45) is 28.8 Å². The predicted molar refractivity (Wildman–Crippen MR) is 200 cm³/mol. The summed E-state index contributed by atoms with van der Waals surface area (Å²) in [5.41, 5.74) is 2.12. The number of benzene rings is 1. The van der Waals surface area contributed by atoms with Crippen LogP contribution in [0.25, 0.3) is 0 Å². The summed E-state index contributed by atoms with van der Waals surface area (Å²) in [6, 6.07) is 5.01. The number of fused-ring (bicyclic) bond motifs is 2. The number of nitrogens with zero attached hydrogens (tertiary/aromatic N) is 2. The quantitative estimate of drug-likeness (QED) is 0.0847. The maximum atomic E-state index is 14.2. The summed E-state index contributed by atoms with van der Waals surface area (Å²) in [5, 5.41) is 27.2. The predicted octanol–water partition coefficient (Wildman–Crippen LogP) is 6.88. The smallest absolute Gasteiger partial charge is 0.412 e. The second kappa shape index (κ2) is 17.6. The van der Waals surface area contributed by atoms with Gasteiger partial charge in [0.1, 0.15) is 23.1 Å². The number of nitrogens with one attached hydrogen (secondary N) is 1. The molecule has 1 aromatic rings. The molecule has 5 rings (SSSR count). The molecule has 1 aromatic carbocycles. The van der Waals surface area contributed by atoms with Crippen molar-refractivity contribution >= 4 is 17.7 Å². The number of hydrogen-bond donors (Lipinski definition) is 3. The molecule has 11 nitrogen and oxygen atoms in total. The van der Waals surface area contributed by atoms with Gasteiger partial charge >= 0.3 is 6.09 Å². The second-order valence-electron chi connectivity index (χ2n) is 15.7. The van der Waals surface area contributed by atoms with Crippen LogP contribution in [0, 0.1) is 23.7 Å². The Morgan fingerprint density at radius 2 is 1.85 bits per heavy atom. The van der Waals surface area contributed by atoms with Crippen LogP contribution in [0.2, 0.25) is 0 Å². The molecule has 1 heterocycles. The van der Waals surface area contributed by atoms with Crippen molar-refractivity contribution in [3.63, 3.8) is 0 Å². The lowest BCUT2D eigenvalue weighted by molar-refractivity contribution is -0.257. The van der Waals surface area contributed by atoms with Crippen molar-refractivity contribution in [2.75, 3.05) is 32.9 Å². The molecule has 288 valence electrons. The highest BCUT2D eigenvalue weighted by atomic mass is 16.7. The summed E-state index contributed by atoms with van der Waals surface area (Å²) in [6.45, 7) is 15.2. The summed E-state index contributed by atoms with van der Waals surface area (Å²) in [6.07, 6.45) is 11.1. The number of amides is 2. The molecule has 0 saturated heterocycles. The van der Waals surface area contributed by atoms with Gasteiger partial charge in [0.05, 0.1) is 18.2 Å². The van der Waals surface area contributed by atoms with Gasteiger partial charge in [0.25, 0.3) is 0 Å². The molecule has 4 aliphatic rings. The number of allylic oxidation sites excluding steroid dienone is 1. The van der Waals surface area contributed by atoms with E-state index in [-0.39, 0.29) is 49.4 Å². The fourth-order valence-electron chi connectivity index (χ4n) is 8.42. The molecule has 1 aliphatic heterocycles. The molecule has 0 aromatic heterocycles. The Balaban J connectivity index is 1.78. The van der Waals surface area contributed by atoms with Gasteiger partial charge in [0, 0.05) is 50.1 Å². The maximum absolute atomic E-state index is 14.2. The highest BCUT2D eigenvalue weighted by Gasteiger charge is 2.65. The fourth-order valence-corrected chi connectivity index (χ4v) is 8.42. The first-order valence-corrected chi connectivity index (χ1v) is 19.5. The van der Waals surface area contributed by atoms with E-state index >= 15 is 0 Å². The van der Waals surface area contributed by atoms with Crippen molar-refractivity contribution in [3.8, 4) is 11.5 Å². The number of rotatable bonds is 18. The van der Waals surface area contributed by atoms with Gasteiger partial charge in [-0.2, -0.15) is 0 Å². The lowest BCUT2D eigenvalue weighted by atomic mass is 9.55. The molecule has 3 N–H and O–H groups in total. The van der Waals surface area contributed by atoms with E-state index in [9.17, 15) is 19.8 Å². The molecule has 0 radical (unpaired) electrons. The Morgan fingerprint density at radius 1 is 1.12 bits per heavy atom. The van der Waals surface area contributed by atoms with Crippen LogP contribution >= 0.6 is 0 Å². The van der Waals surface area contributed by atoms with E-state index in [0.29, 0.717) is 43.9 Å². The number of unbranched alkanes of at least 4 members (excludes halogenated alkanes) is 2. The Hall–Kier alpha value is -3.41. The zero-order chi connectivity index (χ0) is 37.5. The normalized spacial score (nSPS) is 27.1. The van der Waals surface area contributed by atoms with E-state index < -0.39 is 29.4 Å². The lowest BCUT2D eigenvalue weighted by Crippen LogP contribution is -2.70. The molecule has 0 unspecified atom stereocenters. The third-order valence-corrected chi connectivity index (χ3v) is 10.7. The maximum Gasteiger partial charge on any atom is 0.412 e. The van der Waals surface area contributed by atoms with E-state index in [1.165, 1.54) is 0 Å². The topological polar surface area (TPSA) is 139 Å². The van der Waals surface area contributed by atoms with Gasteiger partial charge in [-0.1, -0.05) is 37.1 Å². The first-order valence-electron chi connectivity index (χ1n) is 19.5. The molecule has 2 saturated carbocycles. The Bertz CT molecular complexity index is 1470. The van der Waals surface area contributed by atoms with Crippen molar-refractivity contribution in [3.05, 3.63) is 48.1 Å². The van der Waals surface area contributed by atoms with Crippen LogP contribution in [0.1, 0.15) is 110 Å². The highest BCUT2D eigenvalue weighted by Crippen LogP contribution is 2.62. The molecular weight excluding hydrogens is 662 g/mol. The number of carbonyl (C=O) groups is 2. The molecule has 52 heavy (non-hydrogen) atoms. The van der Waals surface area contributed by atoms with Gasteiger partial charge in [0.2, 0.25) is 11.7 Å². The standard InChI is InChI=1S/C41H61N3O8/c1-7-20-44(38(47)27-16-17-27)35-26-33(43-52-40(4,5)6)31-24-28(14-10-12-21-45)30(15-11-13-22-46)36-32-25-29(50-39(48)42-9-3)18-19-34(32)51-41(35,37(31)36)49-23-8-2/h8,18-19,24-25,27-28,30,35-37,45-46H,2,7,9-17,20-23,26H2,1,3-6H3,(H,42,48)/t28-,30+,35-,36+,37+,41+/m0/s1.